The van der Waals surface area contributed by atoms with Crippen LogP contribution >= 0.6 is 0 Å². The van der Waals surface area contributed by atoms with Gasteiger partial charge in [0.1, 0.15) is 5.75 Å². The molecule has 3 rings (SSSR count). The van der Waals surface area contributed by atoms with Crippen LogP contribution in [0.3, 0.4) is 0 Å². The maximum absolute atomic E-state index is 13.1. The number of para-hydroxylation sites is 1. The number of hydrogen-bond donors (Lipinski definition) is 0. The molecule has 2 aromatic carbocycles. The fraction of sp³-hybridized carbons (Fsp3) is 0.400. The summed E-state index contributed by atoms with van der Waals surface area (Å²) in [6.07, 6.45) is -2.45. The average Bonchev–Trinajstić information content (AvgIpc) is 3.07. The van der Waals surface area contributed by atoms with Crippen LogP contribution in [0.25, 0.3) is 0 Å². The predicted octanol–water partition coefficient (Wildman–Crippen LogP) is 4.16. The smallest absolute Gasteiger partial charge is 0.419 e. The number of sulfone groups is 1. The molecule has 0 amide bonds. The van der Waals surface area contributed by atoms with E-state index in [1.54, 1.807) is 6.07 Å². The lowest BCUT2D eigenvalue weighted by molar-refractivity contribution is -0.139. The highest BCUT2D eigenvalue weighted by molar-refractivity contribution is 7.89. The Balaban J connectivity index is 1.62. The van der Waals surface area contributed by atoms with Crippen LogP contribution in [0.15, 0.2) is 48.5 Å². The van der Waals surface area contributed by atoms with Crippen LogP contribution in [0.5, 0.6) is 5.75 Å². The molecule has 0 saturated carbocycles. The van der Waals surface area contributed by atoms with Gasteiger partial charge in [0.05, 0.1) is 17.9 Å². The Labute approximate surface area is 162 Å². The quantitative estimate of drug-likeness (QED) is 0.714. The van der Waals surface area contributed by atoms with Crippen molar-refractivity contribution in [3.63, 3.8) is 0 Å². The molecule has 1 heterocycles. The summed E-state index contributed by atoms with van der Waals surface area (Å²) in [4.78, 5) is 2.11. The lowest BCUT2D eigenvalue weighted by Gasteiger charge is -2.20. The summed E-state index contributed by atoms with van der Waals surface area (Å²) >= 11 is 0. The number of ether oxygens (including phenoxy) is 1. The van der Waals surface area contributed by atoms with E-state index in [-0.39, 0.29) is 24.0 Å². The molecule has 152 valence electrons. The third kappa shape index (κ3) is 5.41. The molecular weight excluding hydrogens is 391 g/mol. The third-order valence-corrected chi connectivity index (χ3v) is 5.52. The molecule has 1 aliphatic rings. The molecule has 0 aromatic heterocycles. The summed E-state index contributed by atoms with van der Waals surface area (Å²) in [7, 11) is -3.11. The Morgan fingerprint density at radius 2 is 1.89 bits per heavy atom. The molecule has 2 aromatic rings. The SMILES string of the molecule is CS(=O)(=O)Cc1cccc(N2CCC(COc3ccccc3C(F)(F)F)C2)c1. The Morgan fingerprint density at radius 1 is 1.14 bits per heavy atom. The van der Waals surface area contributed by atoms with Crippen molar-refractivity contribution in [3.05, 3.63) is 59.7 Å². The van der Waals surface area contributed by atoms with Gasteiger partial charge in [-0.2, -0.15) is 13.2 Å². The zero-order valence-electron chi connectivity index (χ0n) is 15.4. The summed E-state index contributed by atoms with van der Waals surface area (Å²) in [5, 5.41) is 0. The van der Waals surface area contributed by atoms with Crippen molar-refractivity contribution in [2.75, 3.05) is 30.9 Å². The molecule has 1 unspecified atom stereocenters. The average molecular weight is 413 g/mol. The van der Waals surface area contributed by atoms with Gasteiger partial charge in [0, 0.05) is 31.0 Å². The molecule has 0 N–H and O–H groups in total. The Kier molecular flexibility index (Phi) is 5.88. The Bertz CT molecular complexity index is 928. The first-order chi connectivity index (χ1) is 13.1. The van der Waals surface area contributed by atoms with E-state index >= 15 is 0 Å². The molecular formula is C20H22F3NO3S. The minimum Gasteiger partial charge on any atom is -0.493 e. The molecule has 4 nitrogen and oxygen atoms in total. The monoisotopic (exact) mass is 413 g/mol. The molecule has 0 spiro atoms. The standard InChI is InChI=1S/C20H22F3NO3S/c1-28(25,26)14-15-5-4-6-17(11-15)24-10-9-16(12-24)13-27-19-8-3-2-7-18(19)20(21,22)23/h2-8,11,16H,9-10,12-14H2,1H3. The fourth-order valence-corrected chi connectivity index (χ4v) is 4.17. The van der Waals surface area contributed by atoms with Crippen LogP contribution < -0.4 is 9.64 Å². The van der Waals surface area contributed by atoms with Crippen molar-refractivity contribution >= 4 is 15.5 Å². The molecule has 8 heteroatoms. The van der Waals surface area contributed by atoms with Gasteiger partial charge in [-0.05, 0) is 36.2 Å². The van der Waals surface area contributed by atoms with Crippen molar-refractivity contribution in [2.24, 2.45) is 5.92 Å². The van der Waals surface area contributed by atoms with E-state index in [1.807, 2.05) is 18.2 Å². The van der Waals surface area contributed by atoms with E-state index in [1.165, 1.54) is 24.5 Å². The number of hydrogen-bond acceptors (Lipinski definition) is 4. The van der Waals surface area contributed by atoms with E-state index in [9.17, 15) is 21.6 Å². The molecule has 0 bridgehead atoms. The first-order valence-corrected chi connectivity index (χ1v) is 11.0. The maximum atomic E-state index is 13.1. The van der Waals surface area contributed by atoms with Crippen molar-refractivity contribution < 1.29 is 26.3 Å². The molecule has 1 aliphatic heterocycles. The minimum atomic E-state index is -4.45. The van der Waals surface area contributed by atoms with Gasteiger partial charge < -0.3 is 9.64 Å². The van der Waals surface area contributed by atoms with Crippen LogP contribution in [-0.4, -0.2) is 34.4 Å². The molecule has 1 saturated heterocycles. The van der Waals surface area contributed by atoms with Gasteiger partial charge in [-0.1, -0.05) is 24.3 Å². The maximum Gasteiger partial charge on any atom is 0.419 e. The first-order valence-electron chi connectivity index (χ1n) is 8.92. The van der Waals surface area contributed by atoms with Gasteiger partial charge in [0.2, 0.25) is 0 Å². The topological polar surface area (TPSA) is 46.6 Å². The van der Waals surface area contributed by atoms with Crippen molar-refractivity contribution in [2.45, 2.75) is 18.3 Å². The van der Waals surface area contributed by atoms with Crippen LogP contribution in [0, 0.1) is 5.92 Å². The zero-order chi connectivity index (χ0) is 20.4. The molecule has 0 aliphatic carbocycles. The summed E-state index contributed by atoms with van der Waals surface area (Å²) < 4.78 is 67.7. The second-order valence-electron chi connectivity index (χ2n) is 7.15. The third-order valence-electron chi connectivity index (χ3n) is 4.66. The van der Waals surface area contributed by atoms with Crippen molar-refractivity contribution in [1.82, 2.24) is 0 Å². The molecule has 28 heavy (non-hydrogen) atoms. The van der Waals surface area contributed by atoms with Gasteiger partial charge in [0.15, 0.2) is 9.84 Å². The van der Waals surface area contributed by atoms with E-state index in [0.29, 0.717) is 6.54 Å². The van der Waals surface area contributed by atoms with E-state index in [0.717, 1.165) is 30.3 Å². The highest BCUT2D eigenvalue weighted by Crippen LogP contribution is 2.36. The van der Waals surface area contributed by atoms with Gasteiger partial charge in [-0.3, -0.25) is 0 Å². The number of halogens is 3. The summed E-state index contributed by atoms with van der Waals surface area (Å²) in [6, 6.07) is 12.6. The molecule has 0 radical (unpaired) electrons. The van der Waals surface area contributed by atoms with Crippen LogP contribution in [0.4, 0.5) is 18.9 Å². The normalized spacial score (nSPS) is 17.7. The van der Waals surface area contributed by atoms with Gasteiger partial charge in [-0.15, -0.1) is 0 Å². The fourth-order valence-electron chi connectivity index (χ4n) is 3.38. The summed E-state index contributed by atoms with van der Waals surface area (Å²) in [5.74, 6) is -0.0708. The van der Waals surface area contributed by atoms with Crippen LogP contribution in [-0.2, 0) is 21.8 Å². The van der Waals surface area contributed by atoms with Crippen molar-refractivity contribution in [3.8, 4) is 5.75 Å². The molecule has 1 fully saturated rings. The van der Waals surface area contributed by atoms with Crippen molar-refractivity contribution in [1.29, 1.82) is 0 Å². The van der Waals surface area contributed by atoms with E-state index in [4.69, 9.17) is 4.74 Å². The number of anilines is 1. The van der Waals surface area contributed by atoms with Crippen LogP contribution in [0.2, 0.25) is 0 Å². The van der Waals surface area contributed by atoms with E-state index < -0.39 is 21.6 Å². The Hall–Kier alpha value is -2.22. The van der Waals surface area contributed by atoms with E-state index in [2.05, 4.69) is 4.90 Å². The minimum absolute atomic E-state index is 0.0184. The lowest BCUT2D eigenvalue weighted by atomic mass is 10.1. The molecule has 1 atom stereocenters. The second kappa shape index (κ2) is 8.03. The Morgan fingerprint density at radius 3 is 2.61 bits per heavy atom. The number of rotatable bonds is 6. The highest BCUT2D eigenvalue weighted by Gasteiger charge is 2.34. The lowest BCUT2D eigenvalue weighted by Crippen LogP contribution is -2.22. The van der Waals surface area contributed by atoms with Crippen LogP contribution in [0.1, 0.15) is 17.5 Å². The zero-order valence-corrected chi connectivity index (χ0v) is 16.3. The predicted molar refractivity (Wildman–Crippen MR) is 102 cm³/mol. The number of benzene rings is 2. The second-order valence-corrected chi connectivity index (χ2v) is 9.29. The number of nitrogens with zero attached hydrogens (tertiary/aromatic N) is 1. The summed E-state index contributed by atoms with van der Waals surface area (Å²) in [6.45, 7) is 1.60. The number of alkyl halides is 3. The van der Waals surface area contributed by atoms with Gasteiger partial charge >= 0.3 is 6.18 Å². The first kappa shape index (κ1) is 20.5. The van der Waals surface area contributed by atoms with Gasteiger partial charge in [0.25, 0.3) is 0 Å². The van der Waals surface area contributed by atoms with Gasteiger partial charge in [-0.25, -0.2) is 8.42 Å². The largest absolute Gasteiger partial charge is 0.493 e. The highest BCUT2D eigenvalue weighted by atomic mass is 32.2. The summed E-state index contributed by atoms with van der Waals surface area (Å²) in [5.41, 5.74) is 0.872.